The van der Waals surface area contributed by atoms with Crippen LogP contribution in [0.25, 0.3) is 0 Å². The molecule has 0 bridgehead atoms. The zero-order valence-electron chi connectivity index (χ0n) is 21.1. The fourth-order valence-electron chi connectivity index (χ4n) is 4.27. The Morgan fingerprint density at radius 2 is 2.03 bits per heavy atom. The van der Waals surface area contributed by atoms with Crippen LogP contribution in [0.2, 0.25) is 5.02 Å². The van der Waals surface area contributed by atoms with Crippen molar-refractivity contribution in [1.82, 2.24) is 15.5 Å². The van der Waals surface area contributed by atoms with Crippen LogP contribution in [-0.2, 0) is 16.0 Å². The lowest BCUT2D eigenvalue weighted by molar-refractivity contribution is -0.146. The Morgan fingerprint density at radius 1 is 1.24 bits per heavy atom. The Labute approximate surface area is 224 Å². The number of nitrogens with one attached hydrogen (secondary N) is 2. The summed E-state index contributed by atoms with van der Waals surface area (Å²) in [5.41, 5.74) is 3.14. The maximum atomic E-state index is 13.7. The fourth-order valence-corrected chi connectivity index (χ4v) is 4.46. The van der Waals surface area contributed by atoms with Gasteiger partial charge in [0.05, 0.1) is 26.1 Å². The van der Waals surface area contributed by atoms with Crippen molar-refractivity contribution in [1.29, 1.82) is 0 Å². The first-order chi connectivity index (χ1) is 18.4. The SMILES string of the molecule is CC[C@@H](CC(=O)N1CC(NOc2ccccc2)=NCC(Cc2cc(Cl)ccc2OC)C1=O)c1cc(=O)[nH]o1. The molecule has 2 aromatic carbocycles. The van der Waals surface area contributed by atoms with Gasteiger partial charge < -0.3 is 14.1 Å². The molecule has 1 aliphatic heterocycles. The molecule has 0 radical (unpaired) electrons. The molecule has 38 heavy (non-hydrogen) atoms. The second-order valence-electron chi connectivity index (χ2n) is 8.90. The number of benzene rings is 2. The molecular weight excluding hydrogens is 512 g/mol. The smallest absolute Gasteiger partial charge is 0.280 e. The van der Waals surface area contributed by atoms with E-state index in [-0.39, 0.29) is 43.3 Å². The number of hydrogen-bond donors (Lipinski definition) is 2. The minimum absolute atomic E-state index is 0.0247. The average molecular weight is 541 g/mol. The lowest BCUT2D eigenvalue weighted by atomic mass is 9.95. The van der Waals surface area contributed by atoms with Gasteiger partial charge in [-0.05, 0) is 48.7 Å². The highest BCUT2D eigenvalue weighted by atomic mass is 35.5. The summed E-state index contributed by atoms with van der Waals surface area (Å²) in [5, 5.41) is 2.76. The number of para-hydroxylation sites is 1. The van der Waals surface area contributed by atoms with Crippen LogP contribution in [0.15, 0.2) is 68.9 Å². The first-order valence-corrected chi connectivity index (χ1v) is 12.6. The van der Waals surface area contributed by atoms with Crippen molar-refractivity contribution in [2.45, 2.75) is 32.1 Å². The standard InChI is InChI=1S/C27H29ClN4O6/c1-3-17(23-14-25(33)31-38-23)13-26(34)32-16-24(30-37-21-7-5-4-6-8-21)29-15-19(27(32)35)11-18-12-20(28)9-10-22(18)36-2/h4-10,12,14,17,19H,3,11,13,15-16H2,1-2H3,(H,29,30)(H,31,33)/t17-,19?/m0/s1. The lowest BCUT2D eigenvalue weighted by Crippen LogP contribution is -2.46. The maximum absolute atomic E-state index is 13.7. The molecule has 2 amide bonds. The number of halogens is 1. The monoisotopic (exact) mass is 540 g/mol. The summed E-state index contributed by atoms with van der Waals surface area (Å²) < 4.78 is 10.7. The Morgan fingerprint density at radius 3 is 2.71 bits per heavy atom. The minimum atomic E-state index is -0.646. The molecule has 1 aliphatic rings. The highest BCUT2D eigenvalue weighted by Gasteiger charge is 2.34. The lowest BCUT2D eigenvalue weighted by Gasteiger charge is -2.25. The summed E-state index contributed by atoms with van der Waals surface area (Å²) in [4.78, 5) is 50.2. The summed E-state index contributed by atoms with van der Waals surface area (Å²) >= 11 is 6.20. The summed E-state index contributed by atoms with van der Waals surface area (Å²) in [6, 6.07) is 15.6. The van der Waals surface area contributed by atoms with Crippen molar-refractivity contribution in [3.8, 4) is 11.5 Å². The predicted molar refractivity (Wildman–Crippen MR) is 141 cm³/mol. The Kier molecular flexibility index (Phi) is 8.85. The van der Waals surface area contributed by atoms with Crippen LogP contribution in [-0.4, -0.2) is 47.9 Å². The van der Waals surface area contributed by atoms with E-state index >= 15 is 0 Å². The molecule has 0 saturated carbocycles. The third kappa shape index (κ3) is 6.63. The van der Waals surface area contributed by atoms with Crippen molar-refractivity contribution < 1.29 is 23.7 Å². The number of carbonyl (C=O) groups is 2. The summed E-state index contributed by atoms with van der Waals surface area (Å²) in [6.07, 6.45) is 0.781. The first-order valence-electron chi connectivity index (χ1n) is 12.2. The van der Waals surface area contributed by atoms with E-state index in [1.807, 2.05) is 25.1 Å². The van der Waals surface area contributed by atoms with Crippen LogP contribution < -0.4 is 20.6 Å². The van der Waals surface area contributed by atoms with Gasteiger partial charge in [0.2, 0.25) is 11.8 Å². The zero-order chi connectivity index (χ0) is 27.1. The number of hydroxylamine groups is 1. The molecule has 1 unspecified atom stereocenters. The van der Waals surface area contributed by atoms with Crippen molar-refractivity contribution >= 4 is 29.3 Å². The van der Waals surface area contributed by atoms with E-state index < -0.39 is 11.8 Å². The summed E-state index contributed by atoms with van der Waals surface area (Å²) in [6.45, 7) is 1.91. The van der Waals surface area contributed by atoms with Gasteiger partial charge in [0.15, 0.2) is 11.6 Å². The number of amidine groups is 1. The molecule has 3 aromatic rings. The molecule has 10 nitrogen and oxygen atoms in total. The van der Waals surface area contributed by atoms with Gasteiger partial charge in [-0.3, -0.25) is 24.3 Å². The highest BCUT2D eigenvalue weighted by molar-refractivity contribution is 6.30. The molecule has 2 N–H and O–H groups in total. The van der Waals surface area contributed by atoms with Crippen molar-refractivity contribution in [2.75, 3.05) is 20.2 Å². The Bertz CT molecular complexity index is 1350. The van der Waals surface area contributed by atoms with Gasteiger partial charge in [-0.15, -0.1) is 0 Å². The van der Waals surface area contributed by atoms with Crippen molar-refractivity contribution in [3.63, 3.8) is 0 Å². The molecule has 0 saturated heterocycles. The molecule has 0 aliphatic carbocycles. The van der Waals surface area contributed by atoms with Crippen LogP contribution in [0.1, 0.15) is 37.0 Å². The van der Waals surface area contributed by atoms with Gasteiger partial charge in [-0.1, -0.05) is 36.7 Å². The quantitative estimate of drug-likeness (QED) is 0.396. The van der Waals surface area contributed by atoms with Gasteiger partial charge in [-0.25, -0.2) is 5.48 Å². The van der Waals surface area contributed by atoms with Crippen molar-refractivity contribution in [3.05, 3.63) is 81.3 Å². The predicted octanol–water partition coefficient (Wildman–Crippen LogP) is 3.72. The molecule has 2 atom stereocenters. The molecule has 200 valence electrons. The highest BCUT2D eigenvalue weighted by Crippen LogP contribution is 2.28. The van der Waals surface area contributed by atoms with Gasteiger partial charge in [0, 0.05) is 23.4 Å². The average Bonchev–Trinajstić information content (AvgIpc) is 3.29. The molecule has 0 fully saturated rings. The molecular formula is C27H29ClN4O6. The van der Waals surface area contributed by atoms with E-state index in [0.717, 1.165) is 5.56 Å². The second-order valence-corrected chi connectivity index (χ2v) is 9.34. The second kappa shape index (κ2) is 12.5. The molecule has 0 spiro atoms. The van der Waals surface area contributed by atoms with Crippen LogP contribution in [0.5, 0.6) is 11.5 Å². The number of imide groups is 1. The van der Waals surface area contributed by atoms with E-state index in [4.69, 9.17) is 25.7 Å². The molecule has 4 rings (SSSR count). The molecule has 2 heterocycles. The van der Waals surface area contributed by atoms with Crippen LogP contribution in [0.3, 0.4) is 0 Å². The third-order valence-electron chi connectivity index (χ3n) is 6.32. The van der Waals surface area contributed by atoms with Crippen LogP contribution >= 0.6 is 11.6 Å². The van der Waals surface area contributed by atoms with E-state index in [0.29, 0.717) is 34.5 Å². The van der Waals surface area contributed by atoms with Crippen molar-refractivity contribution in [2.24, 2.45) is 10.9 Å². The van der Waals surface area contributed by atoms with E-state index in [1.165, 1.54) is 11.0 Å². The number of nitrogens with zero attached hydrogens (tertiary/aromatic N) is 2. The fraction of sp³-hybridized carbons (Fsp3) is 0.333. The number of aromatic nitrogens is 1. The Hall–Kier alpha value is -4.05. The maximum Gasteiger partial charge on any atom is 0.280 e. The molecule has 11 heteroatoms. The molecule has 1 aromatic heterocycles. The summed E-state index contributed by atoms with van der Waals surface area (Å²) in [7, 11) is 1.54. The zero-order valence-corrected chi connectivity index (χ0v) is 21.9. The Balaban J connectivity index is 1.58. The normalized spacial score (nSPS) is 16.4. The topological polar surface area (TPSA) is 126 Å². The van der Waals surface area contributed by atoms with Gasteiger partial charge in [-0.2, -0.15) is 5.16 Å². The van der Waals surface area contributed by atoms with Crippen LogP contribution in [0, 0.1) is 5.92 Å². The number of rotatable bonds is 9. The van der Waals surface area contributed by atoms with Gasteiger partial charge in [0.25, 0.3) is 5.56 Å². The first kappa shape index (κ1) is 27.0. The van der Waals surface area contributed by atoms with Gasteiger partial charge in [0.1, 0.15) is 11.5 Å². The minimum Gasteiger partial charge on any atom is -0.496 e. The number of methoxy groups -OCH3 is 1. The number of hydrogen-bond acceptors (Lipinski definition) is 8. The van der Waals surface area contributed by atoms with E-state index in [2.05, 4.69) is 15.6 Å². The number of aromatic amines is 1. The number of aliphatic imine (C=N–C) groups is 1. The third-order valence-corrected chi connectivity index (χ3v) is 6.56. The summed E-state index contributed by atoms with van der Waals surface area (Å²) in [5.74, 6) is 0.0353. The number of ether oxygens (including phenoxy) is 1. The van der Waals surface area contributed by atoms with Gasteiger partial charge >= 0.3 is 0 Å². The number of amides is 2. The number of carbonyl (C=O) groups excluding carboxylic acids is 2. The van der Waals surface area contributed by atoms with Crippen LogP contribution in [0.4, 0.5) is 0 Å². The van der Waals surface area contributed by atoms with E-state index in [1.54, 1.807) is 37.4 Å². The largest absolute Gasteiger partial charge is 0.496 e. The number of H-pyrrole nitrogens is 1. The van der Waals surface area contributed by atoms with E-state index in [9.17, 15) is 14.4 Å².